The summed E-state index contributed by atoms with van der Waals surface area (Å²) in [6, 6.07) is 15.5. The van der Waals surface area contributed by atoms with Gasteiger partial charge in [-0.2, -0.15) is 0 Å². The Bertz CT molecular complexity index is 1070. The van der Waals surface area contributed by atoms with Gasteiger partial charge < -0.3 is 14.9 Å². The van der Waals surface area contributed by atoms with E-state index in [2.05, 4.69) is 30.0 Å². The van der Waals surface area contributed by atoms with Gasteiger partial charge in [0.2, 0.25) is 5.91 Å². The van der Waals surface area contributed by atoms with E-state index in [0.717, 1.165) is 13.0 Å². The smallest absolute Gasteiger partial charge is 0.253 e. The number of hydrogen-bond donors (Lipinski definition) is 1. The molecule has 0 spiro atoms. The number of benzene rings is 2. The number of fused-ring (bicyclic) bond motifs is 1. The lowest BCUT2D eigenvalue weighted by Gasteiger charge is -2.36. The van der Waals surface area contributed by atoms with E-state index in [4.69, 9.17) is 0 Å². The fraction of sp³-hybridized carbons (Fsp3) is 0.407. The minimum Gasteiger partial charge on any atom is -0.378 e. The lowest BCUT2D eigenvalue weighted by atomic mass is 9.92. The normalized spacial score (nSPS) is 16.7. The summed E-state index contributed by atoms with van der Waals surface area (Å²) in [6.07, 6.45) is 2.30. The van der Waals surface area contributed by atoms with Crippen LogP contribution in [0.1, 0.15) is 53.7 Å². The van der Waals surface area contributed by atoms with Crippen LogP contribution < -0.4 is 0 Å². The molecule has 1 saturated heterocycles. The summed E-state index contributed by atoms with van der Waals surface area (Å²) in [5.74, 6) is 5.87. The summed E-state index contributed by atoms with van der Waals surface area (Å²) in [4.78, 5) is 29.9. The third-order valence-corrected chi connectivity index (χ3v) is 6.20. The van der Waals surface area contributed by atoms with Crippen molar-refractivity contribution in [1.82, 2.24) is 9.80 Å². The van der Waals surface area contributed by atoms with E-state index in [1.54, 1.807) is 26.0 Å². The summed E-state index contributed by atoms with van der Waals surface area (Å²) in [6.45, 7) is 5.88. The van der Waals surface area contributed by atoms with Crippen LogP contribution in [0, 0.1) is 17.8 Å². The monoisotopic (exact) mass is 430 g/mol. The number of amides is 2. The fourth-order valence-electron chi connectivity index (χ4n) is 4.41. The molecule has 1 N–H and O–H groups in total. The maximum atomic E-state index is 13.1. The van der Waals surface area contributed by atoms with Crippen LogP contribution in [0.2, 0.25) is 0 Å². The molecular formula is C27H30N2O3. The minimum absolute atomic E-state index is 0.0201. The van der Waals surface area contributed by atoms with E-state index in [-0.39, 0.29) is 17.7 Å². The number of likely N-dealkylation sites (tertiary alicyclic amines) is 1. The lowest BCUT2D eigenvalue weighted by Crippen LogP contribution is -2.45. The van der Waals surface area contributed by atoms with Crippen LogP contribution in [0.25, 0.3) is 0 Å². The number of carbonyl (C=O) groups is 2. The van der Waals surface area contributed by atoms with Gasteiger partial charge in [0.05, 0.1) is 0 Å². The van der Waals surface area contributed by atoms with Crippen LogP contribution in [-0.2, 0) is 17.8 Å². The van der Waals surface area contributed by atoms with Crippen molar-refractivity contribution in [3.8, 4) is 11.8 Å². The van der Waals surface area contributed by atoms with Gasteiger partial charge in [-0.25, -0.2) is 0 Å². The van der Waals surface area contributed by atoms with Crippen LogP contribution in [0.4, 0.5) is 0 Å². The zero-order chi connectivity index (χ0) is 22.7. The van der Waals surface area contributed by atoms with Crippen LogP contribution in [-0.4, -0.2) is 52.0 Å². The highest BCUT2D eigenvalue weighted by atomic mass is 16.3. The molecule has 2 aliphatic rings. The highest BCUT2D eigenvalue weighted by molar-refractivity contribution is 5.94. The van der Waals surface area contributed by atoms with Gasteiger partial charge in [-0.1, -0.05) is 42.2 Å². The predicted octanol–water partition coefficient (Wildman–Crippen LogP) is 3.25. The molecule has 0 radical (unpaired) electrons. The topological polar surface area (TPSA) is 60.9 Å². The molecule has 2 amide bonds. The first kappa shape index (κ1) is 22.1. The SMILES string of the molecule is CC(C)(O)C#Cc1cccc(C(=O)N2CCC(C(=O)N3CCc4ccccc4C3)CC2)c1. The molecule has 2 aliphatic heterocycles. The van der Waals surface area contributed by atoms with Gasteiger partial charge in [-0.05, 0) is 62.4 Å². The Balaban J connectivity index is 1.35. The van der Waals surface area contributed by atoms with Crippen molar-refractivity contribution >= 4 is 11.8 Å². The molecule has 0 atom stereocenters. The first-order valence-corrected chi connectivity index (χ1v) is 11.3. The third kappa shape index (κ3) is 5.20. The Hall–Kier alpha value is -3.10. The molecule has 2 aromatic carbocycles. The van der Waals surface area contributed by atoms with Crippen molar-refractivity contribution in [2.24, 2.45) is 5.92 Å². The van der Waals surface area contributed by atoms with Gasteiger partial charge in [-0.3, -0.25) is 9.59 Å². The average Bonchev–Trinajstić information content (AvgIpc) is 2.81. The van der Waals surface area contributed by atoms with Gasteiger partial charge in [-0.15, -0.1) is 0 Å². The first-order chi connectivity index (χ1) is 15.3. The summed E-state index contributed by atoms with van der Waals surface area (Å²) < 4.78 is 0. The fourth-order valence-corrected chi connectivity index (χ4v) is 4.41. The number of piperidine rings is 1. The van der Waals surface area contributed by atoms with Crippen LogP contribution >= 0.6 is 0 Å². The van der Waals surface area contributed by atoms with Crippen molar-refractivity contribution in [3.63, 3.8) is 0 Å². The number of nitrogens with zero attached hydrogens (tertiary/aromatic N) is 2. The second-order valence-electron chi connectivity index (χ2n) is 9.23. The molecule has 2 heterocycles. The molecule has 0 bridgehead atoms. The lowest BCUT2D eigenvalue weighted by molar-refractivity contribution is -0.137. The molecule has 5 heteroatoms. The molecular weight excluding hydrogens is 400 g/mol. The third-order valence-electron chi connectivity index (χ3n) is 6.20. The van der Waals surface area contributed by atoms with E-state index >= 15 is 0 Å². The van der Waals surface area contributed by atoms with Crippen LogP contribution in [0.5, 0.6) is 0 Å². The second-order valence-corrected chi connectivity index (χ2v) is 9.23. The molecule has 32 heavy (non-hydrogen) atoms. The first-order valence-electron chi connectivity index (χ1n) is 11.3. The molecule has 5 nitrogen and oxygen atoms in total. The molecule has 0 aliphatic carbocycles. The average molecular weight is 431 g/mol. The molecule has 2 aromatic rings. The standard InChI is InChI=1S/C27H30N2O3/c1-27(2,32)14-10-20-6-5-9-23(18-20)26(31)28-15-12-22(13-16-28)25(30)29-17-11-21-7-3-4-8-24(21)19-29/h3-9,18,22,32H,11-13,15-17,19H2,1-2H3. The zero-order valence-corrected chi connectivity index (χ0v) is 18.8. The number of carbonyl (C=O) groups excluding carboxylic acids is 2. The number of rotatable bonds is 2. The van der Waals surface area contributed by atoms with E-state index in [1.807, 2.05) is 28.0 Å². The number of aliphatic hydroxyl groups is 1. The van der Waals surface area contributed by atoms with Crippen LogP contribution in [0.15, 0.2) is 48.5 Å². The number of hydrogen-bond acceptors (Lipinski definition) is 3. The summed E-state index contributed by atoms with van der Waals surface area (Å²) in [7, 11) is 0. The zero-order valence-electron chi connectivity index (χ0n) is 18.8. The van der Waals surface area contributed by atoms with Crippen molar-refractivity contribution < 1.29 is 14.7 Å². The van der Waals surface area contributed by atoms with Crippen molar-refractivity contribution in [1.29, 1.82) is 0 Å². The molecule has 0 saturated carbocycles. The Morgan fingerprint density at radius 3 is 2.41 bits per heavy atom. The Labute approximate surface area is 190 Å². The molecule has 166 valence electrons. The summed E-state index contributed by atoms with van der Waals surface area (Å²) >= 11 is 0. The van der Waals surface area contributed by atoms with E-state index in [9.17, 15) is 14.7 Å². The maximum absolute atomic E-state index is 13.1. The van der Waals surface area contributed by atoms with Crippen molar-refractivity contribution in [2.75, 3.05) is 19.6 Å². The van der Waals surface area contributed by atoms with Gasteiger partial charge in [0.25, 0.3) is 5.91 Å². The van der Waals surface area contributed by atoms with Gasteiger partial charge in [0.15, 0.2) is 0 Å². The van der Waals surface area contributed by atoms with Crippen LogP contribution in [0.3, 0.4) is 0 Å². The second kappa shape index (κ2) is 9.18. The largest absolute Gasteiger partial charge is 0.378 e. The van der Waals surface area contributed by atoms with Gasteiger partial charge in [0, 0.05) is 43.2 Å². The molecule has 0 unspecified atom stereocenters. The van der Waals surface area contributed by atoms with Gasteiger partial charge >= 0.3 is 0 Å². The van der Waals surface area contributed by atoms with E-state index in [0.29, 0.717) is 43.6 Å². The molecule has 1 fully saturated rings. The maximum Gasteiger partial charge on any atom is 0.253 e. The highest BCUT2D eigenvalue weighted by Gasteiger charge is 2.31. The Morgan fingerprint density at radius 1 is 0.969 bits per heavy atom. The predicted molar refractivity (Wildman–Crippen MR) is 124 cm³/mol. The minimum atomic E-state index is -1.08. The van der Waals surface area contributed by atoms with Gasteiger partial charge in [0.1, 0.15) is 5.60 Å². The summed E-state index contributed by atoms with van der Waals surface area (Å²) in [5, 5.41) is 9.79. The highest BCUT2D eigenvalue weighted by Crippen LogP contribution is 2.25. The Morgan fingerprint density at radius 2 is 1.69 bits per heavy atom. The molecule has 0 aromatic heterocycles. The Kier molecular flexibility index (Phi) is 6.34. The van der Waals surface area contributed by atoms with Crippen molar-refractivity contribution in [2.45, 2.75) is 45.3 Å². The summed E-state index contributed by atoms with van der Waals surface area (Å²) in [5.41, 5.74) is 2.79. The van der Waals surface area contributed by atoms with E-state index < -0.39 is 5.60 Å². The molecule has 4 rings (SSSR count). The van der Waals surface area contributed by atoms with Crippen molar-refractivity contribution in [3.05, 3.63) is 70.8 Å². The quantitative estimate of drug-likeness (QED) is 0.744. The van der Waals surface area contributed by atoms with E-state index in [1.165, 1.54) is 11.1 Å².